The molecule has 8 heteroatoms. The number of amides is 2. The highest BCUT2D eigenvalue weighted by Crippen LogP contribution is 2.30. The zero-order chi connectivity index (χ0) is 20.5. The lowest BCUT2D eigenvalue weighted by molar-refractivity contribution is -0.114. The van der Waals surface area contributed by atoms with Gasteiger partial charge in [0, 0.05) is 33.1 Å². The first-order valence-corrected chi connectivity index (χ1v) is 10.3. The van der Waals surface area contributed by atoms with Crippen LogP contribution in [0.3, 0.4) is 0 Å². The number of imide groups is 1. The van der Waals surface area contributed by atoms with Crippen molar-refractivity contribution in [2.24, 2.45) is 0 Å². The van der Waals surface area contributed by atoms with Crippen molar-refractivity contribution < 1.29 is 19.1 Å². The summed E-state index contributed by atoms with van der Waals surface area (Å²) in [6, 6.07) is 9.94. The van der Waals surface area contributed by atoms with E-state index in [-0.39, 0.29) is 12.6 Å². The van der Waals surface area contributed by atoms with E-state index in [1.807, 2.05) is 4.90 Å². The Kier molecular flexibility index (Phi) is 5.55. The summed E-state index contributed by atoms with van der Waals surface area (Å²) in [5.74, 6) is -1.33. The largest absolute Gasteiger partial charge is 0.394 e. The maximum atomic E-state index is 14.7. The molecule has 0 radical (unpaired) electrons. The van der Waals surface area contributed by atoms with Gasteiger partial charge in [0.1, 0.15) is 5.82 Å². The molecule has 150 valence electrons. The summed E-state index contributed by atoms with van der Waals surface area (Å²) in [7, 11) is 0. The molecule has 0 saturated carbocycles. The van der Waals surface area contributed by atoms with Crippen LogP contribution >= 0.6 is 22.6 Å². The lowest BCUT2D eigenvalue weighted by Gasteiger charge is -2.26. The Morgan fingerprint density at radius 3 is 2.79 bits per heavy atom. The Bertz CT molecular complexity index is 1020. The number of carbonyl (C=O) groups excluding carboxylic acids is 2. The lowest BCUT2D eigenvalue weighted by atomic mass is 9.95. The molecule has 0 bridgehead atoms. The van der Waals surface area contributed by atoms with Gasteiger partial charge in [-0.3, -0.25) is 14.9 Å². The standard InChI is InChI=1S/C21H19FIN3O3/c22-18-9-13(4-6-19(18)26-7-1-2-14(26)11-27)24-10-17-16-8-12(23)3-5-15(16)20(28)25-21(17)29/h3-6,8-10,14,24,27H,1-2,7,11H2,(H,25,28,29). The third-order valence-corrected chi connectivity index (χ3v) is 5.89. The number of carbonyl (C=O) groups is 2. The predicted molar refractivity (Wildman–Crippen MR) is 117 cm³/mol. The molecule has 6 nitrogen and oxygen atoms in total. The van der Waals surface area contributed by atoms with Crippen LogP contribution in [0.5, 0.6) is 0 Å². The fourth-order valence-corrected chi connectivity index (χ4v) is 4.26. The van der Waals surface area contributed by atoms with Gasteiger partial charge in [-0.1, -0.05) is 0 Å². The molecule has 2 aliphatic heterocycles. The number of halogens is 2. The maximum Gasteiger partial charge on any atom is 0.260 e. The summed E-state index contributed by atoms with van der Waals surface area (Å²) in [6.45, 7) is 0.709. The second kappa shape index (κ2) is 8.11. The molecule has 2 amide bonds. The monoisotopic (exact) mass is 507 g/mol. The molecule has 1 unspecified atom stereocenters. The molecule has 0 spiro atoms. The Balaban J connectivity index is 1.60. The minimum absolute atomic E-state index is 0.00240. The topological polar surface area (TPSA) is 81.7 Å². The van der Waals surface area contributed by atoms with Crippen LogP contribution in [-0.4, -0.2) is 36.1 Å². The number of nitrogens with one attached hydrogen (secondary N) is 2. The van der Waals surface area contributed by atoms with Crippen molar-refractivity contribution >= 4 is 51.4 Å². The number of hydrogen-bond acceptors (Lipinski definition) is 5. The van der Waals surface area contributed by atoms with Gasteiger partial charge < -0.3 is 15.3 Å². The van der Waals surface area contributed by atoms with Crippen molar-refractivity contribution in [3.05, 3.63) is 63.1 Å². The number of benzene rings is 2. The first kappa shape index (κ1) is 19.8. The summed E-state index contributed by atoms with van der Waals surface area (Å²) in [6.07, 6.45) is 3.24. The van der Waals surface area contributed by atoms with Crippen LogP contribution in [0.2, 0.25) is 0 Å². The van der Waals surface area contributed by atoms with E-state index >= 15 is 0 Å². The van der Waals surface area contributed by atoms with Gasteiger partial charge in [-0.05, 0) is 71.8 Å². The summed E-state index contributed by atoms with van der Waals surface area (Å²) in [5, 5.41) is 14.7. The van der Waals surface area contributed by atoms with E-state index in [1.165, 1.54) is 12.3 Å². The second-order valence-electron chi connectivity index (χ2n) is 7.01. The van der Waals surface area contributed by atoms with E-state index in [4.69, 9.17) is 0 Å². The van der Waals surface area contributed by atoms with E-state index in [9.17, 15) is 19.1 Å². The summed E-state index contributed by atoms with van der Waals surface area (Å²) >= 11 is 2.12. The number of aliphatic hydroxyl groups is 1. The predicted octanol–water partition coefficient (Wildman–Crippen LogP) is 3.11. The molecule has 1 saturated heterocycles. The summed E-state index contributed by atoms with van der Waals surface area (Å²) in [5.41, 5.74) is 2.21. The molecule has 1 fully saturated rings. The van der Waals surface area contributed by atoms with E-state index in [1.54, 1.807) is 30.3 Å². The highest BCUT2D eigenvalue weighted by atomic mass is 127. The van der Waals surface area contributed by atoms with E-state index in [0.717, 1.165) is 16.4 Å². The first-order chi connectivity index (χ1) is 14.0. The third-order valence-electron chi connectivity index (χ3n) is 5.22. The van der Waals surface area contributed by atoms with Crippen LogP contribution in [0.15, 0.2) is 42.6 Å². The van der Waals surface area contributed by atoms with Crippen molar-refractivity contribution in [1.29, 1.82) is 0 Å². The van der Waals surface area contributed by atoms with Crippen LogP contribution in [0.4, 0.5) is 15.8 Å². The molecule has 4 rings (SSSR count). The van der Waals surface area contributed by atoms with Crippen molar-refractivity contribution in [1.82, 2.24) is 5.32 Å². The molecule has 29 heavy (non-hydrogen) atoms. The zero-order valence-electron chi connectivity index (χ0n) is 15.4. The molecular formula is C21H19FIN3O3. The lowest BCUT2D eigenvalue weighted by Crippen LogP contribution is -2.36. The normalized spacial score (nSPS) is 20.0. The Morgan fingerprint density at radius 2 is 2.03 bits per heavy atom. The Morgan fingerprint density at radius 1 is 1.21 bits per heavy atom. The number of hydrogen-bond donors (Lipinski definition) is 3. The summed E-state index contributed by atoms with van der Waals surface area (Å²) in [4.78, 5) is 26.2. The highest BCUT2D eigenvalue weighted by Gasteiger charge is 2.28. The maximum absolute atomic E-state index is 14.7. The second-order valence-corrected chi connectivity index (χ2v) is 8.26. The molecule has 0 aliphatic carbocycles. The fourth-order valence-electron chi connectivity index (χ4n) is 3.77. The Hall–Kier alpha value is -2.46. The molecule has 0 aromatic heterocycles. The number of nitrogens with zero attached hydrogens (tertiary/aromatic N) is 1. The fraction of sp³-hybridized carbons (Fsp3) is 0.238. The minimum Gasteiger partial charge on any atom is -0.394 e. The van der Waals surface area contributed by atoms with Gasteiger partial charge in [0.2, 0.25) is 0 Å². The molecule has 2 aromatic rings. The smallest absolute Gasteiger partial charge is 0.260 e. The van der Waals surface area contributed by atoms with Crippen molar-refractivity contribution in [3.63, 3.8) is 0 Å². The van der Waals surface area contributed by atoms with Gasteiger partial charge in [0.25, 0.3) is 11.8 Å². The average molecular weight is 507 g/mol. The quantitative estimate of drug-likeness (QED) is 0.337. The molecule has 1 atom stereocenters. The number of aliphatic hydroxyl groups excluding tert-OH is 1. The van der Waals surface area contributed by atoms with Gasteiger partial charge in [0.05, 0.1) is 23.9 Å². The Labute approximate surface area is 180 Å². The van der Waals surface area contributed by atoms with E-state index in [2.05, 4.69) is 33.2 Å². The molecule has 2 aromatic carbocycles. The van der Waals surface area contributed by atoms with Crippen LogP contribution in [0.1, 0.15) is 28.8 Å². The van der Waals surface area contributed by atoms with Gasteiger partial charge in [-0.2, -0.15) is 0 Å². The number of rotatable bonds is 4. The third kappa shape index (κ3) is 3.86. The SMILES string of the molecule is O=C1NC(=O)c2ccc(I)cc2C1=CNc1ccc(N2CCCC2CO)c(F)c1. The van der Waals surface area contributed by atoms with Gasteiger partial charge in [0.15, 0.2) is 0 Å². The zero-order valence-corrected chi connectivity index (χ0v) is 17.6. The van der Waals surface area contributed by atoms with Crippen LogP contribution in [-0.2, 0) is 4.79 Å². The molecule has 2 aliphatic rings. The molecule has 3 N–H and O–H groups in total. The average Bonchev–Trinajstić information content (AvgIpc) is 3.16. The van der Waals surface area contributed by atoms with Crippen molar-refractivity contribution in [3.8, 4) is 0 Å². The van der Waals surface area contributed by atoms with Crippen LogP contribution in [0, 0.1) is 9.39 Å². The van der Waals surface area contributed by atoms with E-state index in [0.29, 0.717) is 34.6 Å². The van der Waals surface area contributed by atoms with Crippen LogP contribution in [0.25, 0.3) is 5.57 Å². The highest BCUT2D eigenvalue weighted by molar-refractivity contribution is 14.1. The van der Waals surface area contributed by atoms with Gasteiger partial charge in [-0.25, -0.2) is 4.39 Å². The van der Waals surface area contributed by atoms with Gasteiger partial charge in [-0.15, -0.1) is 0 Å². The molecule has 2 heterocycles. The number of fused-ring (bicyclic) bond motifs is 1. The first-order valence-electron chi connectivity index (χ1n) is 9.27. The van der Waals surface area contributed by atoms with Crippen molar-refractivity contribution in [2.45, 2.75) is 18.9 Å². The summed E-state index contributed by atoms with van der Waals surface area (Å²) < 4.78 is 15.6. The van der Waals surface area contributed by atoms with Crippen molar-refractivity contribution in [2.75, 3.05) is 23.4 Å². The van der Waals surface area contributed by atoms with Crippen LogP contribution < -0.4 is 15.5 Å². The molecular weight excluding hydrogens is 488 g/mol. The number of anilines is 2. The van der Waals surface area contributed by atoms with E-state index < -0.39 is 17.6 Å². The van der Waals surface area contributed by atoms with Gasteiger partial charge >= 0.3 is 0 Å². The minimum atomic E-state index is -0.503.